The molecule has 1 aliphatic carbocycles. The summed E-state index contributed by atoms with van der Waals surface area (Å²) in [6.07, 6.45) is 6.95. The summed E-state index contributed by atoms with van der Waals surface area (Å²) in [7, 11) is -1.94. The van der Waals surface area contributed by atoms with E-state index in [-0.39, 0.29) is 37.4 Å². The molecule has 1 N–H and O–H groups in total. The molecule has 0 saturated heterocycles. The summed E-state index contributed by atoms with van der Waals surface area (Å²) in [5.41, 5.74) is 3.42. The Kier molecular flexibility index (Phi) is 10.8. The SMILES string of the molecule is COc1ccc(CN(C(=O)CCCN(c2cc(C)cc(C)c2)S(C)(=O)=O)[C@@H](C)C(=O)NC2CCCCC2)cc1. The van der Waals surface area contributed by atoms with E-state index in [1.165, 1.54) is 17.0 Å². The Morgan fingerprint density at radius 2 is 1.64 bits per heavy atom. The van der Waals surface area contributed by atoms with Crippen LogP contribution in [0.5, 0.6) is 5.75 Å². The van der Waals surface area contributed by atoms with Gasteiger partial charge in [0.2, 0.25) is 21.8 Å². The molecular formula is C30H43N3O5S. The second-order valence-electron chi connectivity index (χ2n) is 10.7. The normalized spacial score (nSPS) is 14.9. The highest BCUT2D eigenvalue weighted by Crippen LogP contribution is 2.23. The lowest BCUT2D eigenvalue weighted by atomic mass is 9.95. The van der Waals surface area contributed by atoms with Gasteiger partial charge in [-0.2, -0.15) is 0 Å². The molecule has 0 aromatic heterocycles. The summed E-state index contributed by atoms with van der Waals surface area (Å²) in [6.45, 7) is 6.06. The maximum absolute atomic E-state index is 13.5. The molecule has 2 amide bonds. The smallest absolute Gasteiger partial charge is 0.242 e. The Hall–Kier alpha value is -3.07. The van der Waals surface area contributed by atoms with Crippen LogP contribution in [0.15, 0.2) is 42.5 Å². The third-order valence-corrected chi connectivity index (χ3v) is 8.47. The molecule has 0 spiro atoms. The van der Waals surface area contributed by atoms with Gasteiger partial charge in [-0.1, -0.05) is 37.5 Å². The third kappa shape index (κ3) is 8.98. The van der Waals surface area contributed by atoms with Crippen LogP contribution in [0.1, 0.15) is 68.6 Å². The highest BCUT2D eigenvalue weighted by atomic mass is 32.2. The number of carbonyl (C=O) groups excluding carboxylic acids is 2. The zero-order chi connectivity index (χ0) is 28.6. The van der Waals surface area contributed by atoms with Crippen LogP contribution in [-0.4, -0.2) is 57.1 Å². The largest absolute Gasteiger partial charge is 0.497 e. The van der Waals surface area contributed by atoms with Crippen LogP contribution in [0, 0.1) is 13.8 Å². The zero-order valence-corrected chi connectivity index (χ0v) is 24.7. The molecule has 214 valence electrons. The number of hydrogen-bond acceptors (Lipinski definition) is 5. The van der Waals surface area contributed by atoms with E-state index in [9.17, 15) is 18.0 Å². The van der Waals surface area contributed by atoms with E-state index in [1.807, 2.05) is 56.3 Å². The number of ether oxygens (including phenoxy) is 1. The number of nitrogens with one attached hydrogen (secondary N) is 1. The van der Waals surface area contributed by atoms with Gasteiger partial charge < -0.3 is 15.0 Å². The van der Waals surface area contributed by atoms with Gasteiger partial charge in [-0.3, -0.25) is 13.9 Å². The zero-order valence-electron chi connectivity index (χ0n) is 23.9. The summed E-state index contributed by atoms with van der Waals surface area (Å²) in [5, 5.41) is 3.14. The molecule has 1 atom stereocenters. The molecule has 39 heavy (non-hydrogen) atoms. The van der Waals surface area contributed by atoms with Gasteiger partial charge in [-0.15, -0.1) is 0 Å². The van der Waals surface area contributed by atoms with E-state index in [0.29, 0.717) is 17.9 Å². The molecule has 1 fully saturated rings. The standard InChI is InChI=1S/C30H43N3O5S/c1-22-18-23(2)20-27(19-22)33(39(5,36)37)17-9-12-29(34)32(21-25-13-15-28(38-4)16-14-25)24(3)30(35)31-26-10-7-6-8-11-26/h13-16,18-20,24,26H,6-12,17,21H2,1-5H3,(H,31,35)/t24-/m0/s1. The molecule has 3 rings (SSSR count). The highest BCUT2D eigenvalue weighted by molar-refractivity contribution is 7.92. The fraction of sp³-hybridized carbons (Fsp3) is 0.533. The predicted octanol–water partition coefficient (Wildman–Crippen LogP) is 4.72. The minimum atomic E-state index is -3.54. The number of methoxy groups -OCH3 is 1. The van der Waals surface area contributed by atoms with Crippen molar-refractivity contribution in [2.45, 2.75) is 84.3 Å². The fourth-order valence-corrected chi connectivity index (χ4v) is 6.13. The monoisotopic (exact) mass is 557 g/mol. The summed E-state index contributed by atoms with van der Waals surface area (Å²) < 4.78 is 31.8. The van der Waals surface area contributed by atoms with Crippen LogP contribution in [0.25, 0.3) is 0 Å². The molecule has 1 aliphatic rings. The van der Waals surface area contributed by atoms with Crippen molar-refractivity contribution in [3.05, 3.63) is 59.2 Å². The summed E-state index contributed by atoms with van der Waals surface area (Å²) in [5.74, 6) is 0.370. The lowest BCUT2D eigenvalue weighted by Crippen LogP contribution is -2.50. The lowest BCUT2D eigenvalue weighted by molar-refractivity contribution is -0.141. The van der Waals surface area contributed by atoms with E-state index >= 15 is 0 Å². The molecule has 9 heteroatoms. The summed E-state index contributed by atoms with van der Waals surface area (Å²) in [4.78, 5) is 28.3. The van der Waals surface area contributed by atoms with Gasteiger partial charge in [0.25, 0.3) is 0 Å². The Morgan fingerprint density at radius 1 is 1.03 bits per heavy atom. The first-order valence-electron chi connectivity index (χ1n) is 13.8. The van der Waals surface area contributed by atoms with E-state index in [0.717, 1.165) is 42.4 Å². The van der Waals surface area contributed by atoms with Gasteiger partial charge in [0.1, 0.15) is 11.8 Å². The Morgan fingerprint density at radius 3 is 2.21 bits per heavy atom. The van der Waals surface area contributed by atoms with Crippen molar-refractivity contribution < 1.29 is 22.7 Å². The second-order valence-corrected chi connectivity index (χ2v) is 12.6. The average Bonchev–Trinajstić information content (AvgIpc) is 2.88. The first kappa shape index (κ1) is 30.5. The van der Waals surface area contributed by atoms with E-state index in [1.54, 1.807) is 18.9 Å². The van der Waals surface area contributed by atoms with Crippen molar-refractivity contribution in [1.29, 1.82) is 0 Å². The van der Waals surface area contributed by atoms with E-state index in [2.05, 4.69) is 5.32 Å². The highest BCUT2D eigenvalue weighted by Gasteiger charge is 2.28. The van der Waals surface area contributed by atoms with Gasteiger partial charge in [0, 0.05) is 25.6 Å². The maximum Gasteiger partial charge on any atom is 0.242 e. The molecule has 2 aromatic rings. The Labute approximate surface area is 233 Å². The van der Waals surface area contributed by atoms with Crippen LogP contribution in [-0.2, 0) is 26.2 Å². The quantitative estimate of drug-likeness (QED) is 0.407. The van der Waals surface area contributed by atoms with Gasteiger partial charge in [0.05, 0.1) is 19.1 Å². The van der Waals surface area contributed by atoms with E-state index < -0.39 is 16.1 Å². The molecule has 0 unspecified atom stereocenters. The number of benzene rings is 2. The molecule has 0 aliphatic heterocycles. The molecule has 1 saturated carbocycles. The van der Waals surface area contributed by atoms with Gasteiger partial charge in [-0.25, -0.2) is 8.42 Å². The Bertz CT molecular complexity index is 1200. The van der Waals surface area contributed by atoms with Gasteiger partial charge in [0.15, 0.2) is 0 Å². The van der Waals surface area contributed by atoms with Crippen LogP contribution in [0.2, 0.25) is 0 Å². The van der Waals surface area contributed by atoms with Crippen molar-refractivity contribution >= 4 is 27.5 Å². The molecule has 8 nitrogen and oxygen atoms in total. The van der Waals surface area contributed by atoms with Crippen molar-refractivity contribution in [3.8, 4) is 5.75 Å². The van der Waals surface area contributed by atoms with E-state index in [4.69, 9.17) is 4.74 Å². The maximum atomic E-state index is 13.5. The third-order valence-electron chi connectivity index (χ3n) is 7.28. The van der Waals surface area contributed by atoms with Crippen molar-refractivity contribution in [3.63, 3.8) is 0 Å². The first-order valence-corrected chi connectivity index (χ1v) is 15.6. The minimum Gasteiger partial charge on any atom is -0.497 e. The van der Waals surface area contributed by atoms with Crippen LogP contribution in [0.4, 0.5) is 5.69 Å². The predicted molar refractivity (Wildman–Crippen MR) is 155 cm³/mol. The van der Waals surface area contributed by atoms with Crippen molar-refractivity contribution in [2.24, 2.45) is 0 Å². The fourth-order valence-electron chi connectivity index (χ4n) is 5.18. The minimum absolute atomic E-state index is 0.119. The molecule has 0 bridgehead atoms. The lowest BCUT2D eigenvalue weighted by Gasteiger charge is -2.31. The van der Waals surface area contributed by atoms with Crippen LogP contribution < -0.4 is 14.4 Å². The summed E-state index contributed by atoms with van der Waals surface area (Å²) in [6, 6.07) is 12.6. The number of anilines is 1. The first-order chi connectivity index (χ1) is 18.5. The average molecular weight is 558 g/mol. The Balaban J connectivity index is 1.73. The number of rotatable bonds is 12. The number of amides is 2. The van der Waals surface area contributed by atoms with Crippen molar-refractivity contribution in [1.82, 2.24) is 10.2 Å². The topological polar surface area (TPSA) is 96.0 Å². The number of carbonyl (C=O) groups is 2. The summed E-state index contributed by atoms with van der Waals surface area (Å²) >= 11 is 0. The number of aryl methyl sites for hydroxylation is 2. The van der Waals surface area contributed by atoms with Crippen LogP contribution >= 0.6 is 0 Å². The van der Waals surface area contributed by atoms with Crippen LogP contribution in [0.3, 0.4) is 0 Å². The molecule has 2 aromatic carbocycles. The second kappa shape index (κ2) is 13.8. The molecule has 0 radical (unpaired) electrons. The molecule has 0 heterocycles. The van der Waals surface area contributed by atoms with Crippen molar-refractivity contribution in [2.75, 3.05) is 24.2 Å². The number of sulfonamides is 1. The van der Waals surface area contributed by atoms with Gasteiger partial charge >= 0.3 is 0 Å². The molecular weight excluding hydrogens is 514 g/mol. The number of hydrogen-bond donors (Lipinski definition) is 1. The van der Waals surface area contributed by atoms with Gasteiger partial charge in [-0.05, 0) is 81.0 Å². The number of nitrogens with zero attached hydrogens (tertiary/aromatic N) is 2.